The van der Waals surface area contributed by atoms with Crippen molar-refractivity contribution in [3.63, 3.8) is 0 Å². The molecule has 0 aliphatic carbocycles. The van der Waals surface area contributed by atoms with Gasteiger partial charge in [0.2, 0.25) is 0 Å². The third kappa shape index (κ3) is 26.5. The minimum absolute atomic E-state index is 0.809. The van der Waals surface area contributed by atoms with Crippen molar-refractivity contribution >= 4 is 7.94 Å². The van der Waals surface area contributed by atoms with E-state index in [1.54, 1.807) is 0 Å². The molecular weight excluding hydrogens is 487 g/mol. The number of rotatable bonds is 33. The largest absolute Gasteiger partial charge is 0.411 e. The molecule has 0 fully saturated rings. The fourth-order valence-corrected chi connectivity index (χ4v) is 7.45. The molecule has 0 aliphatic heterocycles. The van der Waals surface area contributed by atoms with Crippen molar-refractivity contribution < 1.29 is 13.6 Å². The Kier molecular flexibility index (Phi) is 32.1. The van der Waals surface area contributed by atoms with Crippen molar-refractivity contribution in [3.05, 3.63) is 0 Å². The fraction of sp³-hybridized carbons (Fsp3) is 1.00. The highest BCUT2D eigenvalue weighted by Crippen LogP contribution is 2.63. The van der Waals surface area contributed by atoms with Crippen LogP contribution in [0.1, 0.15) is 195 Å². The van der Waals surface area contributed by atoms with E-state index in [-0.39, 0.29) is 0 Å². The molecule has 0 spiro atoms. The standard InChI is InChI=1S/C34H72O3P/c1-5-9-13-17-21-22-25-29-33-37-38(34-30-26-20-16-12-8-4,35-31-27-23-18-14-10-6-2)36-32-28-24-19-15-11-7-3/h5-34H2,1-4H3/q+1. The molecule has 0 aromatic rings. The molecule has 0 N–H and O–H groups in total. The minimum atomic E-state index is -2.24. The Morgan fingerprint density at radius 1 is 0.289 bits per heavy atom. The van der Waals surface area contributed by atoms with Crippen molar-refractivity contribution in [2.75, 3.05) is 26.0 Å². The molecule has 0 bridgehead atoms. The lowest BCUT2D eigenvalue weighted by Crippen LogP contribution is -2.14. The molecule has 0 aromatic carbocycles. The van der Waals surface area contributed by atoms with Gasteiger partial charge in [0.25, 0.3) is 0 Å². The van der Waals surface area contributed by atoms with Crippen LogP contribution in [0.4, 0.5) is 0 Å². The van der Waals surface area contributed by atoms with E-state index in [0.717, 1.165) is 45.2 Å². The quantitative estimate of drug-likeness (QED) is 0.0591. The van der Waals surface area contributed by atoms with E-state index >= 15 is 0 Å². The van der Waals surface area contributed by atoms with Crippen LogP contribution in [0.3, 0.4) is 0 Å². The Morgan fingerprint density at radius 2 is 0.526 bits per heavy atom. The van der Waals surface area contributed by atoms with Crippen molar-refractivity contribution in [2.45, 2.75) is 195 Å². The van der Waals surface area contributed by atoms with E-state index < -0.39 is 7.94 Å². The van der Waals surface area contributed by atoms with Crippen molar-refractivity contribution in [2.24, 2.45) is 0 Å². The molecule has 0 saturated carbocycles. The highest BCUT2D eigenvalue weighted by molar-refractivity contribution is 7.61. The summed E-state index contributed by atoms with van der Waals surface area (Å²) in [5.74, 6) is 0. The molecule has 0 unspecified atom stereocenters. The van der Waals surface area contributed by atoms with Gasteiger partial charge in [-0.1, -0.05) is 163 Å². The molecule has 0 saturated heterocycles. The Hall–Kier alpha value is 0.310. The second-order valence-corrected chi connectivity index (χ2v) is 14.1. The molecular formula is C34H72O3P+. The molecule has 38 heavy (non-hydrogen) atoms. The van der Waals surface area contributed by atoms with E-state index in [4.69, 9.17) is 13.6 Å². The second kappa shape index (κ2) is 31.8. The predicted molar refractivity (Wildman–Crippen MR) is 172 cm³/mol. The molecule has 3 nitrogen and oxygen atoms in total. The van der Waals surface area contributed by atoms with Gasteiger partial charge in [0.15, 0.2) is 0 Å². The van der Waals surface area contributed by atoms with Crippen LogP contribution in [0.15, 0.2) is 0 Å². The molecule has 0 amide bonds. The summed E-state index contributed by atoms with van der Waals surface area (Å²) in [5.41, 5.74) is 0. The smallest absolute Gasteiger partial charge is 0.178 e. The Morgan fingerprint density at radius 3 is 0.816 bits per heavy atom. The van der Waals surface area contributed by atoms with E-state index in [1.807, 2.05) is 0 Å². The summed E-state index contributed by atoms with van der Waals surface area (Å²) in [4.78, 5) is 0. The summed E-state index contributed by atoms with van der Waals surface area (Å²) in [6.07, 6.45) is 35.0. The Labute approximate surface area is 241 Å². The summed E-state index contributed by atoms with van der Waals surface area (Å²) in [6, 6.07) is 0. The first-order chi connectivity index (χ1) is 18.7. The van der Waals surface area contributed by atoms with Gasteiger partial charge in [-0.15, -0.1) is 0 Å². The third-order valence-corrected chi connectivity index (χ3v) is 10.2. The summed E-state index contributed by atoms with van der Waals surface area (Å²) < 4.78 is 20.0. The van der Waals surface area contributed by atoms with Gasteiger partial charge in [0.1, 0.15) is 6.16 Å². The van der Waals surface area contributed by atoms with Crippen molar-refractivity contribution in [3.8, 4) is 0 Å². The fourth-order valence-electron chi connectivity index (χ4n) is 5.00. The lowest BCUT2D eigenvalue weighted by molar-refractivity contribution is 0.130. The van der Waals surface area contributed by atoms with Crippen LogP contribution in [-0.4, -0.2) is 26.0 Å². The summed E-state index contributed by atoms with van der Waals surface area (Å²) in [7, 11) is -2.24. The van der Waals surface area contributed by atoms with Crippen LogP contribution in [0.5, 0.6) is 0 Å². The highest BCUT2D eigenvalue weighted by atomic mass is 31.2. The number of hydrogen-bond acceptors (Lipinski definition) is 3. The number of unbranched alkanes of at least 4 members (excludes halogenated alkanes) is 22. The average molecular weight is 560 g/mol. The molecule has 0 heterocycles. The van der Waals surface area contributed by atoms with Gasteiger partial charge < -0.3 is 0 Å². The van der Waals surface area contributed by atoms with Crippen LogP contribution in [0.25, 0.3) is 0 Å². The zero-order valence-electron chi connectivity index (χ0n) is 26.9. The van der Waals surface area contributed by atoms with Gasteiger partial charge in [0.05, 0.1) is 19.8 Å². The molecule has 0 aromatic heterocycles. The summed E-state index contributed by atoms with van der Waals surface area (Å²) >= 11 is 0. The molecule has 0 radical (unpaired) electrons. The number of hydrogen-bond donors (Lipinski definition) is 0. The van der Waals surface area contributed by atoms with E-state index in [0.29, 0.717) is 0 Å². The zero-order chi connectivity index (χ0) is 27.8. The van der Waals surface area contributed by atoms with E-state index in [1.165, 1.54) is 148 Å². The first-order valence-electron chi connectivity index (χ1n) is 17.6. The molecule has 230 valence electrons. The van der Waals surface area contributed by atoms with Crippen LogP contribution in [0, 0.1) is 0 Å². The first kappa shape index (κ1) is 38.3. The highest BCUT2D eigenvalue weighted by Gasteiger charge is 2.44. The molecule has 0 aliphatic rings. The summed E-state index contributed by atoms with van der Waals surface area (Å²) in [6.45, 7) is 11.6. The summed E-state index contributed by atoms with van der Waals surface area (Å²) in [5, 5.41) is 0. The normalized spacial score (nSPS) is 12.0. The van der Waals surface area contributed by atoms with Gasteiger partial charge >= 0.3 is 7.94 Å². The molecule has 0 atom stereocenters. The van der Waals surface area contributed by atoms with Crippen molar-refractivity contribution in [1.82, 2.24) is 0 Å². The SMILES string of the molecule is CCCCCCCCCCO[P+](CCCCCCCC)(OCCCCCCCC)OCCCCCCCC. The zero-order valence-corrected chi connectivity index (χ0v) is 27.8. The Balaban J connectivity index is 4.75. The first-order valence-corrected chi connectivity index (χ1v) is 19.3. The van der Waals surface area contributed by atoms with Crippen LogP contribution in [0.2, 0.25) is 0 Å². The van der Waals surface area contributed by atoms with Gasteiger partial charge in [-0.25, -0.2) is 0 Å². The monoisotopic (exact) mass is 560 g/mol. The van der Waals surface area contributed by atoms with Gasteiger partial charge in [-0.2, -0.15) is 13.6 Å². The van der Waals surface area contributed by atoms with E-state index in [9.17, 15) is 0 Å². The van der Waals surface area contributed by atoms with Crippen LogP contribution >= 0.6 is 7.94 Å². The molecule has 0 rings (SSSR count). The average Bonchev–Trinajstić information content (AvgIpc) is 2.93. The second-order valence-electron chi connectivity index (χ2n) is 11.6. The minimum Gasteiger partial charge on any atom is -0.178 e. The third-order valence-electron chi connectivity index (χ3n) is 7.64. The maximum Gasteiger partial charge on any atom is 0.411 e. The molecule has 4 heteroatoms. The maximum atomic E-state index is 6.66. The van der Waals surface area contributed by atoms with Gasteiger partial charge in [-0.3, -0.25) is 0 Å². The van der Waals surface area contributed by atoms with Gasteiger partial charge in [-0.05, 0) is 32.1 Å². The lowest BCUT2D eigenvalue weighted by Gasteiger charge is -2.23. The predicted octanol–water partition coefficient (Wildman–Crippen LogP) is 13.0. The van der Waals surface area contributed by atoms with Crippen LogP contribution < -0.4 is 0 Å². The van der Waals surface area contributed by atoms with E-state index in [2.05, 4.69) is 27.7 Å². The lowest BCUT2D eigenvalue weighted by atomic mass is 10.1. The van der Waals surface area contributed by atoms with Crippen LogP contribution in [-0.2, 0) is 13.6 Å². The maximum absolute atomic E-state index is 6.66. The van der Waals surface area contributed by atoms with Gasteiger partial charge in [0, 0.05) is 0 Å². The van der Waals surface area contributed by atoms with Crippen molar-refractivity contribution in [1.29, 1.82) is 0 Å². The topological polar surface area (TPSA) is 27.7 Å². The Bertz CT molecular complexity index is 414.